The van der Waals surface area contributed by atoms with Gasteiger partial charge >= 0.3 is 0 Å². The Hall–Kier alpha value is -0.950. The van der Waals surface area contributed by atoms with Crippen LogP contribution in [-0.2, 0) is 10.0 Å². The van der Waals surface area contributed by atoms with Crippen LogP contribution in [0.3, 0.4) is 0 Å². The van der Waals surface area contributed by atoms with Gasteiger partial charge in [0.15, 0.2) is 0 Å². The van der Waals surface area contributed by atoms with E-state index in [4.69, 9.17) is 11.6 Å². The molecular weight excluding hydrogens is 303 g/mol. The summed E-state index contributed by atoms with van der Waals surface area (Å²) < 4.78 is 39.5. The highest BCUT2D eigenvalue weighted by atomic mass is 35.5. The van der Waals surface area contributed by atoms with Crippen LogP contribution < -0.4 is 10.0 Å². The molecule has 20 heavy (non-hydrogen) atoms. The maximum atomic E-state index is 12.9. The molecule has 0 fully saturated rings. The number of rotatable bonds is 5. The molecule has 0 saturated heterocycles. The summed E-state index contributed by atoms with van der Waals surface area (Å²) in [6, 6.07) is 3.24. The van der Waals surface area contributed by atoms with Crippen LogP contribution in [0.1, 0.15) is 12.8 Å². The molecule has 0 unspecified atom stereocenters. The third-order valence-electron chi connectivity index (χ3n) is 3.08. The van der Waals surface area contributed by atoms with Gasteiger partial charge in [-0.15, -0.1) is 0 Å². The number of sulfonamides is 1. The molecule has 2 rings (SSSR count). The van der Waals surface area contributed by atoms with Crippen molar-refractivity contribution < 1.29 is 12.8 Å². The Morgan fingerprint density at radius 2 is 2.20 bits per heavy atom. The molecule has 0 radical (unpaired) electrons. The first-order valence-corrected chi connectivity index (χ1v) is 8.18. The summed E-state index contributed by atoms with van der Waals surface area (Å²) in [6.45, 7) is 2.05. The molecule has 1 aliphatic heterocycles. The summed E-state index contributed by atoms with van der Waals surface area (Å²) in [4.78, 5) is -0.0974. The van der Waals surface area contributed by atoms with Gasteiger partial charge in [-0.1, -0.05) is 23.3 Å². The van der Waals surface area contributed by atoms with Crippen molar-refractivity contribution in [3.05, 3.63) is 40.7 Å². The van der Waals surface area contributed by atoms with Crippen molar-refractivity contribution in [2.24, 2.45) is 0 Å². The highest BCUT2D eigenvalue weighted by Crippen LogP contribution is 2.22. The van der Waals surface area contributed by atoms with E-state index in [1.54, 1.807) is 0 Å². The SMILES string of the molecule is O=S(=O)(NCCC1=CCNCC1)c1ccc(F)cc1Cl. The van der Waals surface area contributed by atoms with E-state index in [0.717, 1.165) is 31.6 Å². The van der Waals surface area contributed by atoms with Crippen LogP contribution in [-0.4, -0.2) is 28.1 Å². The van der Waals surface area contributed by atoms with Crippen LogP contribution in [0, 0.1) is 5.82 Å². The first kappa shape index (κ1) is 15.4. The van der Waals surface area contributed by atoms with Crippen molar-refractivity contribution in [2.75, 3.05) is 19.6 Å². The minimum absolute atomic E-state index is 0.0974. The summed E-state index contributed by atoms with van der Waals surface area (Å²) in [7, 11) is -3.70. The van der Waals surface area contributed by atoms with Crippen molar-refractivity contribution in [1.82, 2.24) is 10.0 Å². The molecule has 0 aliphatic carbocycles. The van der Waals surface area contributed by atoms with Crippen LogP contribution in [0.2, 0.25) is 5.02 Å². The monoisotopic (exact) mass is 318 g/mol. The summed E-state index contributed by atoms with van der Waals surface area (Å²) in [5, 5.41) is 3.08. The van der Waals surface area contributed by atoms with Crippen LogP contribution in [0.4, 0.5) is 4.39 Å². The second-order valence-electron chi connectivity index (χ2n) is 4.54. The molecule has 4 nitrogen and oxygen atoms in total. The summed E-state index contributed by atoms with van der Waals surface area (Å²) in [5.41, 5.74) is 1.23. The molecule has 0 atom stereocenters. The van der Waals surface area contributed by atoms with Crippen molar-refractivity contribution >= 4 is 21.6 Å². The van der Waals surface area contributed by atoms with Gasteiger partial charge in [-0.2, -0.15) is 0 Å². The zero-order chi connectivity index (χ0) is 14.6. The minimum atomic E-state index is -3.70. The fourth-order valence-electron chi connectivity index (χ4n) is 2.01. The summed E-state index contributed by atoms with van der Waals surface area (Å²) in [5.74, 6) is -0.561. The molecule has 1 aliphatic rings. The Morgan fingerprint density at radius 1 is 1.40 bits per heavy atom. The van der Waals surface area contributed by atoms with Crippen molar-refractivity contribution in [2.45, 2.75) is 17.7 Å². The smallest absolute Gasteiger partial charge is 0.242 e. The van der Waals surface area contributed by atoms with Gasteiger partial charge in [0, 0.05) is 13.1 Å². The highest BCUT2D eigenvalue weighted by molar-refractivity contribution is 7.89. The van der Waals surface area contributed by atoms with Gasteiger partial charge in [0.2, 0.25) is 10.0 Å². The Labute approximate surface area is 123 Å². The zero-order valence-corrected chi connectivity index (χ0v) is 12.4. The van der Waals surface area contributed by atoms with Crippen molar-refractivity contribution in [3.8, 4) is 0 Å². The first-order valence-electron chi connectivity index (χ1n) is 6.32. The molecule has 0 spiro atoms. The molecule has 2 N–H and O–H groups in total. The largest absolute Gasteiger partial charge is 0.313 e. The highest BCUT2D eigenvalue weighted by Gasteiger charge is 2.18. The Kier molecular flexibility index (Phi) is 5.15. The second kappa shape index (κ2) is 6.67. The maximum absolute atomic E-state index is 12.9. The third-order valence-corrected chi connectivity index (χ3v) is 5.02. The molecule has 1 heterocycles. The lowest BCUT2D eigenvalue weighted by molar-refractivity contribution is 0.579. The minimum Gasteiger partial charge on any atom is -0.313 e. The molecule has 7 heteroatoms. The normalized spacial score (nSPS) is 16.0. The van der Waals surface area contributed by atoms with Gasteiger partial charge in [-0.3, -0.25) is 0 Å². The number of halogens is 2. The lowest BCUT2D eigenvalue weighted by Gasteiger charge is -2.14. The van der Waals surface area contributed by atoms with E-state index < -0.39 is 15.8 Å². The molecule has 110 valence electrons. The summed E-state index contributed by atoms with van der Waals surface area (Å²) >= 11 is 5.76. The fourth-order valence-corrected chi connectivity index (χ4v) is 3.57. The molecule has 0 saturated carbocycles. The zero-order valence-electron chi connectivity index (χ0n) is 10.8. The van der Waals surface area contributed by atoms with E-state index in [-0.39, 0.29) is 9.92 Å². The van der Waals surface area contributed by atoms with E-state index in [1.807, 2.05) is 0 Å². The van der Waals surface area contributed by atoms with E-state index in [2.05, 4.69) is 16.1 Å². The van der Waals surface area contributed by atoms with Crippen LogP contribution in [0.15, 0.2) is 34.7 Å². The van der Waals surface area contributed by atoms with Crippen LogP contribution >= 0.6 is 11.6 Å². The quantitative estimate of drug-likeness (QED) is 0.817. The first-order chi connectivity index (χ1) is 9.49. The van der Waals surface area contributed by atoms with E-state index in [1.165, 1.54) is 11.6 Å². The van der Waals surface area contributed by atoms with Crippen LogP contribution in [0.25, 0.3) is 0 Å². The topological polar surface area (TPSA) is 58.2 Å². The van der Waals surface area contributed by atoms with Gasteiger partial charge in [0.05, 0.1) is 5.02 Å². The standard InChI is InChI=1S/C13H16ClFN2O2S/c14-12-9-11(15)1-2-13(12)20(18,19)17-8-5-10-3-6-16-7-4-10/h1-3,9,16-17H,4-8H2. The molecule has 0 bridgehead atoms. The number of hydrogen-bond donors (Lipinski definition) is 2. The number of hydrogen-bond acceptors (Lipinski definition) is 3. The molecular formula is C13H16ClFN2O2S. The lowest BCUT2D eigenvalue weighted by atomic mass is 10.1. The van der Waals surface area contributed by atoms with Gasteiger partial charge in [-0.25, -0.2) is 17.5 Å². The Morgan fingerprint density at radius 3 is 2.85 bits per heavy atom. The van der Waals surface area contributed by atoms with E-state index in [0.29, 0.717) is 13.0 Å². The van der Waals surface area contributed by atoms with Crippen LogP contribution in [0.5, 0.6) is 0 Å². The number of nitrogens with one attached hydrogen (secondary N) is 2. The van der Waals surface area contributed by atoms with Gasteiger partial charge in [0.25, 0.3) is 0 Å². The molecule has 1 aromatic carbocycles. The maximum Gasteiger partial charge on any atom is 0.242 e. The summed E-state index contributed by atoms with van der Waals surface area (Å²) in [6.07, 6.45) is 3.67. The van der Waals surface area contributed by atoms with E-state index in [9.17, 15) is 12.8 Å². The Bertz CT molecular complexity index is 617. The fraction of sp³-hybridized carbons (Fsp3) is 0.385. The van der Waals surface area contributed by atoms with Gasteiger partial charge in [0.1, 0.15) is 10.7 Å². The predicted molar refractivity (Wildman–Crippen MR) is 76.8 cm³/mol. The number of benzene rings is 1. The molecule has 0 amide bonds. The predicted octanol–water partition coefficient (Wildman–Crippen LogP) is 2.07. The average molecular weight is 319 g/mol. The van der Waals surface area contributed by atoms with E-state index >= 15 is 0 Å². The van der Waals surface area contributed by atoms with Gasteiger partial charge < -0.3 is 5.32 Å². The van der Waals surface area contributed by atoms with Crippen molar-refractivity contribution in [1.29, 1.82) is 0 Å². The van der Waals surface area contributed by atoms with Gasteiger partial charge in [-0.05, 0) is 37.6 Å². The van der Waals surface area contributed by atoms with Crippen molar-refractivity contribution in [3.63, 3.8) is 0 Å². The molecule has 0 aromatic heterocycles. The average Bonchev–Trinajstić information content (AvgIpc) is 2.39. The third kappa shape index (κ3) is 4.02. The lowest BCUT2D eigenvalue weighted by Crippen LogP contribution is -2.27. The molecule has 1 aromatic rings. The Balaban J connectivity index is 1.98. The second-order valence-corrected chi connectivity index (χ2v) is 6.68.